The molecule has 4 aromatic rings. The number of aromatic amines is 1. The minimum Gasteiger partial charge on any atom is -0.378 e. The summed E-state index contributed by atoms with van der Waals surface area (Å²) in [6.07, 6.45) is 1.79. The standard InChI is InChI=1S/C23H23N5O2S/c29-21(19-14-24-20-9-5-4-8-18(19)20)16-31-23-26-25-22(27-10-12-30-13-11-27)28(23)15-17-6-2-1-3-7-17/h1-9,14,24H,10-13,15-16H2. The molecule has 1 saturated heterocycles. The van der Waals surface area contributed by atoms with Crippen LogP contribution >= 0.6 is 11.8 Å². The van der Waals surface area contributed by atoms with Gasteiger partial charge in [0.05, 0.1) is 25.5 Å². The van der Waals surface area contributed by atoms with Crippen LogP contribution in [0.15, 0.2) is 66.0 Å². The first-order valence-electron chi connectivity index (χ1n) is 10.3. The van der Waals surface area contributed by atoms with Crippen molar-refractivity contribution >= 4 is 34.4 Å². The molecule has 0 saturated carbocycles. The highest BCUT2D eigenvalue weighted by Crippen LogP contribution is 2.26. The number of H-pyrrole nitrogens is 1. The fourth-order valence-corrected chi connectivity index (χ4v) is 4.62. The number of nitrogens with one attached hydrogen (secondary N) is 1. The van der Waals surface area contributed by atoms with E-state index in [1.165, 1.54) is 17.3 Å². The highest BCUT2D eigenvalue weighted by Gasteiger charge is 2.22. The number of carbonyl (C=O) groups is 1. The molecular weight excluding hydrogens is 410 g/mol. The zero-order valence-electron chi connectivity index (χ0n) is 17.0. The van der Waals surface area contributed by atoms with E-state index in [0.29, 0.717) is 31.1 Å². The minimum atomic E-state index is 0.0737. The Bertz CT molecular complexity index is 1180. The van der Waals surface area contributed by atoms with Crippen molar-refractivity contribution in [3.8, 4) is 0 Å². The minimum absolute atomic E-state index is 0.0737. The fraction of sp³-hybridized carbons (Fsp3) is 0.261. The number of morpholine rings is 1. The molecule has 0 amide bonds. The van der Waals surface area contributed by atoms with Crippen molar-refractivity contribution in [2.24, 2.45) is 0 Å². The summed E-state index contributed by atoms with van der Waals surface area (Å²) in [6, 6.07) is 18.1. The zero-order valence-corrected chi connectivity index (χ0v) is 17.8. The normalized spacial score (nSPS) is 14.3. The van der Waals surface area contributed by atoms with Gasteiger partial charge in [0.25, 0.3) is 0 Å². The molecule has 1 N–H and O–H groups in total. The van der Waals surface area contributed by atoms with Gasteiger partial charge in [0.15, 0.2) is 10.9 Å². The van der Waals surface area contributed by atoms with Gasteiger partial charge >= 0.3 is 0 Å². The van der Waals surface area contributed by atoms with E-state index in [9.17, 15) is 4.79 Å². The Kier molecular flexibility index (Phi) is 5.73. The number of para-hydroxylation sites is 1. The maximum atomic E-state index is 12.9. The highest BCUT2D eigenvalue weighted by molar-refractivity contribution is 7.99. The molecule has 2 aromatic carbocycles. The molecule has 1 aliphatic heterocycles. The number of thioether (sulfide) groups is 1. The lowest BCUT2D eigenvalue weighted by molar-refractivity contribution is 0.102. The Labute approximate surface area is 184 Å². The van der Waals surface area contributed by atoms with Gasteiger partial charge in [-0.1, -0.05) is 60.3 Å². The number of hydrogen-bond donors (Lipinski definition) is 1. The van der Waals surface area contributed by atoms with E-state index in [-0.39, 0.29) is 5.78 Å². The van der Waals surface area contributed by atoms with E-state index in [4.69, 9.17) is 4.74 Å². The van der Waals surface area contributed by atoms with Gasteiger partial charge in [0.1, 0.15) is 0 Å². The molecule has 31 heavy (non-hydrogen) atoms. The average Bonchev–Trinajstić information content (AvgIpc) is 3.43. The molecule has 3 heterocycles. The number of Topliss-reactive ketones (excluding diaryl/α,β-unsaturated/α-hetero) is 1. The van der Waals surface area contributed by atoms with Crippen LogP contribution in [0.25, 0.3) is 10.9 Å². The summed E-state index contributed by atoms with van der Waals surface area (Å²) in [6.45, 7) is 3.58. The van der Waals surface area contributed by atoms with Crippen molar-refractivity contribution in [3.63, 3.8) is 0 Å². The monoisotopic (exact) mass is 433 g/mol. The molecule has 158 valence electrons. The molecule has 0 aliphatic carbocycles. The average molecular weight is 434 g/mol. The number of hydrogen-bond acceptors (Lipinski definition) is 6. The Morgan fingerprint density at radius 1 is 1.03 bits per heavy atom. The summed E-state index contributed by atoms with van der Waals surface area (Å²) >= 11 is 1.43. The summed E-state index contributed by atoms with van der Waals surface area (Å²) < 4.78 is 7.59. The topological polar surface area (TPSA) is 76.0 Å². The predicted molar refractivity (Wildman–Crippen MR) is 122 cm³/mol. The van der Waals surface area contributed by atoms with Crippen LogP contribution in [-0.2, 0) is 11.3 Å². The van der Waals surface area contributed by atoms with Crippen LogP contribution in [0.3, 0.4) is 0 Å². The smallest absolute Gasteiger partial charge is 0.228 e. The molecule has 0 spiro atoms. The summed E-state index contributed by atoms with van der Waals surface area (Å²) in [5.41, 5.74) is 2.85. The maximum absolute atomic E-state index is 12.9. The molecule has 1 fully saturated rings. The molecule has 7 nitrogen and oxygen atoms in total. The number of carbonyl (C=O) groups excluding carboxylic acids is 1. The molecule has 0 bridgehead atoms. The lowest BCUT2D eigenvalue weighted by Crippen LogP contribution is -2.38. The second kappa shape index (κ2) is 8.95. The summed E-state index contributed by atoms with van der Waals surface area (Å²) in [4.78, 5) is 18.3. The van der Waals surface area contributed by atoms with E-state index < -0.39 is 0 Å². The number of fused-ring (bicyclic) bond motifs is 1. The first-order valence-corrected chi connectivity index (χ1v) is 11.3. The van der Waals surface area contributed by atoms with Crippen molar-refractivity contribution in [3.05, 3.63) is 71.9 Å². The predicted octanol–water partition coefficient (Wildman–Crippen LogP) is 3.62. The summed E-state index contributed by atoms with van der Waals surface area (Å²) in [5, 5.41) is 10.6. The number of benzene rings is 2. The second-order valence-corrected chi connectivity index (χ2v) is 8.36. The maximum Gasteiger partial charge on any atom is 0.228 e. The molecule has 2 aromatic heterocycles. The van der Waals surface area contributed by atoms with Gasteiger partial charge in [0.2, 0.25) is 5.95 Å². The third kappa shape index (κ3) is 4.22. The van der Waals surface area contributed by atoms with Gasteiger partial charge in [-0.05, 0) is 11.6 Å². The molecule has 5 rings (SSSR count). The van der Waals surface area contributed by atoms with Crippen LogP contribution in [0.2, 0.25) is 0 Å². The van der Waals surface area contributed by atoms with Crippen molar-refractivity contribution in [2.45, 2.75) is 11.7 Å². The first kappa shape index (κ1) is 19.8. The van der Waals surface area contributed by atoms with Gasteiger partial charge in [-0.25, -0.2) is 0 Å². The largest absolute Gasteiger partial charge is 0.378 e. The first-order chi connectivity index (χ1) is 15.3. The van der Waals surface area contributed by atoms with Gasteiger partial charge < -0.3 is 14.6 Å². The number of ketones is 1. The van der Waals surface area contributed by atoms with Crippen molar-refractivity contribution in [1.29, 1.82) is 0 Å². The van der Waals surface area contributed by atoms with Crippen molar-refractivity contribution in [1.82, 2.24) is 19.7 Å². The summed E-state index contributed by atoms with van der Waals surface area (Å²) in [7, 11) is 0. The van der Waals surface area contributed by atoms with Crippen LogP contribution < -0.4 is 4.90 Å². The fourth-order valence-electron chi connectivity index (χ4n) is 3.80. The van der Waals surface area contributed by atoms with Crippen molar-refractivity contribution < 1.29 is 9.53 Å². The number of nitrogens with zero attached hydrogens (tertiary/aromatic N) is 4. The van der Waals surface area contributed by atoms with Crippen LogP contribution in [0.1, 0.15) is 15.9 Å². The van der Waals surface area contributed by atoms with Gasteiger partial charge in [-0.2, -0.15) is 0 Å². The van der Waals surface area contributed by atoms with Crippen LogP contribution in [-0.4, -0.2) is 57.6 Å². The van der Waals surface area contributed by atoms with Crippen LogP contribution in [0, 0.1) is 0 Å². The molecule has 0 atom stereocenters. The number of ether oxygens (including phenoxy) is 1. The van der Waals surface area contributed by atoms with E-state index in [1.807, 2.05) is 42.5 Å². The SMILES string of the molecule is O=C(CSc1nnc(N2CCOCC2)n1Cc1ccccc1)c1c[nH]c2ccccc12. The van der Waals surface area contributed by atoms with Crippen molar-refractivity contribution in [2.75, 3.05) is 37.0 Å². The Hall–Kier alpha value is -3.10. The molecule has 1 aliphatic rings. The molecule has 8 heteroatoms. The van der Waals surface area contributed by atoms with Crippen LogP contribution in [0.5, 0.6) is 0 Å². The molecule has 0 unspecified atom stereocenters. The zero-order chi connectivity index (χ0) is 21.0. The molecule has 0 radical (unpaired) electrons. The van der Waals surface area contributed by atoms with Gasteiger partial charge in [-0.3, -0.25) is 9.36 Å². The van der Waals surface area contributed by atoms with Gasteiger partial charge in [0, 0.05) is 35.8 Å². The number of aromatic nitrogens is 4. The Morgan fingerprint density at radius 2 is 1.81 bits per heavy atom. The Morgan fingerprint density at radius 3 is 2.65 bits per heavy atom. The lowest BCUT2D eigenvalue weighted by Gasteiger charge is -2.28. The third-order valence-corrected chi connectivity index (χ3v) is 6.36. The number of rotatable bonds is 7. The third-order valence-electron chi connectivity index (χ3n) is 5.40. The van der Waals surface area contributed by atoms with E-state index in [1.54, 1.807) is 6.20 Å². The number of anilines is 1. The van der Waals surface area contributed by atoms with E-state index >= 15 is 0 Å². The van der Waals surface area contributed by atoms with E-state index in [0.717, 1.165) is 35.1 Å². The highest BCUT2D eigenvalue weighted by atomic mass is 32.2. The van der Waals surface area contributed by atoms with Crippen LogP contribution in [0.4, 0.5) is 5.95 Å². The lowest BCUT2D eigenvalue weighted by atomic mass is 10.1. The second-order valence-electron chi connectivity index (χ2n) is 7.41. The Balaban J connectivity index is 1.39. The van der Waals surface area contributed by atoms with E-state index in [2.05, 4.69) is 36.8 Å². The molecular formula is C23H23N5O2S. The van der Waals surface area contributed by atoms with Gasteiger partial charge in [-0.15, -0.1) is 10.2 Å². The summed E-state index contributed by atoms with van der Waals surface area (Å²) in [5.74, 6) is 1.21. The quantitative estimate of drug-likeness (QED) is 0.354.